The predicted octanol–water partition coefficient (Wildman–Crippen LogP) is 20.7. The number of nitrogens with zero attached hydrogens (tertiary/aromatic N) is 5. The van der Waals surface area contributed by atoms with Gasteiger partial charge in [0.25, 0.3) is 0 Å². The third-order valence-electron chi connectivity index (χ3n) is 17.0. The Morgan fingerprint density at radius 1 is 0.277 bits per heavy atom. The number of thiophene rings is 1. The van der Waals surface area contributed by atoms with E-state index < -0.39 is 0 Å². The van der Waals surface area contributed by atoms with E-state index in [1.807, 2.05) is 23.5 Å². The molecule has 386 valence electrons. The van der Waals surface area contributed by atoms with E-state index in [0.717, 1.165) is 116 Å². The molecule has 83 heavy (non-hydrogen) atoms. The maximum Gasteiger partial charge on any atom is 0.235 e. The van der Waals surface area contributed by atoms with Crippen molar-refractivity contribution in [3.63, 3.8) is 0 Å². The minimum absolute atomic E-state index is 0.612. The lowest BCUT2D eigenvalue weighted by atomic mass is 9.98. The van der Waals surface area contributed by atoms with Crippen molar-refractivity contribution in [1.29, 1.82) is 0 Å². The molecule has 6 nitrogen and oxygen atoms in total. The summed E-state index contributed by atoms with van der Waals surface area (Å²) in [7, 11) is 0. The van der Waals surface area contributed by atoms with Crippen molar-refractivity contribution in [3.05, 3.63) is 273 Å². The molecule has 0 saturated heterocycles. The van der Waals surface area contributed by atoms with Crippen molar-refractivity contribution in [2.75, 3.05) is 0 Å². The number of hydrogen-bond donors (Lipinski definition) is 0. The largest absolute Gasteiger partial charge is 0.456 e. The molecule has 18 aromatic rings. The van der Waals surface area contributed by atoms with E-state index in [1.165, 1.54) is 47.4 Å². The molecule has 6 heterocycles. The van der Waals surface area contributed by atoms with Gasteiger partial charge in [-0.05, 0) is 125 Å². The first kappa shape index (κ1) is 45.9. The summed E-state index contributed by atoms with van der Waals surface area (Å²) < 4.78 is 16.4. The Morgan fingerprint density at radius 3 is 1.35 bits per heavy atom. The molecule has 0 unspecified atom stereocenters. The van der Waals surface area contributed by atoms with Crippen LogP contribution in [0.5, 0.6) is 0 Å². The van der Waals surface area contributed by atoms with Crippen LogP contribution in [-0.2, 0) is 0 Å². The fourth-order valence-corrected chi connectivity index (χ4v) is 14.5. The lowest BCUT2D eigenvalue weighted by molar-refractivity contribution is 0.669. The SMILES string of the molecule is c1ccc(-c2cc(-c3ccccc3)nc(-n3c4ccc(-c5ccc6oc7ccc(-c8ccc9c(c8)c8ccc%10c%11ccccc%11sc%10c8n9-c8ccccc8)cc7c6c5)cc4c4cc5c(cc43)c3ccccc3n5-c3ccccc3)n2)cc1. The topological polar surface area (TPSA) is 53.7 Å². The van der Waals surface area contributed by atoms with Crippen molar-refractivity contribution in [3.8, 4) is 62.1 Å². The van der Waals surface area contributed by atoms with E-state index in [0.29, 0.717) is 5.95 Å². The van der Waals surface area contributed by atoms with Gasteiger partial charge in [-0.1, -0.05) is 170 Å². The number of fused-ring (bicyclic) bond motifs is 16. The molecule has 0 saturated carbocycles. The zero-order valence-electron chi connectivity index (χ0n) is 44.5. The predicted molar refractivity (Wildman–Crippen MR) is 347 cm³/mol. The van der Waals surface area contributed by atoms with Gasteiger partial charge in [0, 0.05) is 81.1 Å². The fraction of sp³-hybridized carbons (Fsp3) is 0. The van der Waals surface area contributed by atoms with E-state index in [2.05, 4.69) is 275 Å². The monoisotopic (exact) mass is 1080 g/mol. The van der Waals surface area contributed by atoms with Crippen molar-refractivity contribution in [2.45, 2.75) is 0 Å². The van der Waals surface area contributed by atoms with E-state index in [1.54, 1.807) is 0 Å². The van der Waals surface area contributed by atoms with Gasteiger partial charge in [0.2, 0.25) is 5.95 Å². The summed E-state index contributed by atoms with van der Waals surface area (Å²) in [4.78, 5) is 10.9. The summed E-state index contributed by atoms with van der Waals surface area (Å²) in [6, 6.07) is 98.5. The van der Waals surface area contributed by atoms with Gasteiger partial charge in [-0.3, -0.25) is 4.57 Å². The summed E-state index contributed by atoms with van der Waals surface area (Å²) in [5.41, 5.74) is 19.0. The van der Waals surface area contributed by atoms with Gasteiger partial charge in [-0.25, -0.2) is 9.97 Å². The van der Waals surface area contributed by atoms with Gasteiger partial charge in [0.05, 0.1) is 49.2 Å². The van der Waals surface area contributed by atoms with Crippen LogP contribution in [0, 0.1) is 0 Å². The number of para-hydroxylation sites is 3. The molecular weight excluding hydrogens is 1030 g/mol. The number of benzene rings is 12. The molecule has 12 aromatic carbocycles. The number of rotatable bonds is 7. The zero-order chi connectivity index (χ0) is 54.3. The van der Waals surface area contributed by atoms with Gasteiger partial charge in [-0.15, -0.1) is 11.3 Å². The van der Waals surface area contributed by atoms with Crippen LogP contribution in [0.3, 0.4) is 0 Å². The standard InChI is InChI=1S/C76H45N5OS/c1-5-17-46(18-6-1)64-45-65(47-19-7-2-8-20-47)78-76(77-64)81-68-36-30-49(40-59(68)61-44-69-60(43-70(61)81)54-25-13-15-27-66(54)79(69)52-21-9-3-10-22-52)51-32-38-72-63(42-51)62-41-50(31-37-71(62)82-72)48-29-35-67-58(39-48)56-33-34-57-55-26-14-16-28-73(55)83-75(57)74(56)80(67)53-23-11-4-12-24-53/h1-45H. The van der Waals surface area contributed by atoms with Crippen molar-refractivity contribution >= 4 is 119 Å². The Bertz CT molecular complexity index is 5620. The Balaban J connectivity index is 0.822. The molecule has 0 spiro atoms. The summed E-state index contributed by atoms with van der Waals surface area (Å²) in [5, 5.41) is 11.8. The van der Waals surface area contributed by atoms with Gasteiger partial charge in [-0.2, -0.15) is 0 Å². The van der Waals surface area contributed by atoms with E-state index in [-0.39, 0.29) is 0 Å². The molecule has 0 amide bonds. The fourth-order valence-electron chi connectivity index (χ4n) is 13.2. The van der Waals surface area contributed by atoms with Crippen LogP contribution in [0.1, 0.15) is 0 Å². The highest BCUT2D eigenvalue weighted by atomic mass is 32.1. The van der Waals surface area contributed by atoms with Crippen molar-refractivity contribution in [1.82, 2.24) is 23.7 Å². The molecule has 0 bridgehead atoms. The average molecular weight is 1080 g/mol. The highest BCUT2D eigenvalue weighted by Gasteiger charge is 2.23. The minimum Gasteiger partial charge on any atom is -0.456 e. The van der Waals surface area contributed by atoms with Gasteiger partial charge in [0.15, 0.2) is 0 Å². The molecule has 0 fully saturated rings. The summed E-state index contributed by atoms with van der Waals surface area (Å²) >= 11 is 1.88. The highest BCUT2D eigenvalue weighted by molar-refractivity contribution is 7.26. The lowest BCUT2D eigenvalue weighted by Crippen LogP contribution is -2.04. The second kappa shape index (κ2) is 17.8. The summed E-state index contributed by atoms with van der Waals surface area (Å²) in [5.74, 6) is 0.612. The normalized spacial score (nSPS) is 12.1. The first-order valence-corrected chi connectivity index (χ1v) is 28.9. The smallest absolute Gasteiger partial charge is 0.235 e. The van der Waals surface area contributed by atoms with E-state index in [9.17, 15) is 0 Å². The van der Waals surface area contributed by atoms with Crippen LogP contribution < -0.4 is 0 Å². The Kier molecular flexibility index (Phi) is 9.87. The lowest BCUT2D eigenvalue weighted by Gasteiger charge is -2.12. The van der Waals surface area contributed by atoms with Gasteiger partial charge < -0.3 is 13.6 Å². The van der Waals surface area contributed by atoms with Gasteiger partial charge >= 0.3 is 0 Å². The molecule has 0 N–H and O–H groups in total. The number of furan rings is 1. The van der Waals surface area contributed by atoms with Crippen molar-refractivity contribution in [2.24, 2.45) is 0 Å². The van der Waals surface area contributed by atoms with Crippen LogP contribution >= 0.6 is 11.3 Å². The Hall–Kier alpha value is -10.9. The van der Waals surface area contributed by atoms with Gasteiger partial charge in [0.1, 0.15) is 11.2 Å². The van der Waals surface area contributed by atoms with Crippen LogP contribution in [0.25, 0.3) is 170 Å². The first-order chi connectivity index (χ1) is 41.1. The molecule has 0 aliphatic heterocycles. The number of hydrogen-bond acceptors (Lipinski definition) is 4. The summed E-state index contributed by atoms with van der Waals surface area (Å²) in [6.07, 6.45) is 0. The van der Waals surface area contributed by atoms with Crippen LogP contribution in [0.2, 0.25) is 0 Å². The third-order valence-corrected chi connectivity index (χ3v) is 18.2. The Morgan fingerprint density at radius 2 is 0.723 bits per heavy atom. The molecule has 0 atom stereocenters. The molecule has 0 aliphatic rings. The molecule has 0 radical (unpaired) electrons. The van der Waals surface area contributed by atoms with Crippen LogP contribution in [0.15, 0.2) is 277 Å². The molecule has 0 aliphatic carbocycles. The third kappa shape index (κ3) is 7.02. The van der Waals surface area contributed by atoms with Crippen LogP contribution in [0.4, 0.5) is 0 Å². The van der Waals surface area contributed by atoms with E-state index >= 15 is 0 Å². The molecular formula is C76H45N5OS. The van der Waals surface area contributed by atoms with Crippen molar-refractivity contribution < 1.29 is 4.42 Å². The first-order valence-electron chi connectivity index (χ1n) is 28.1. The van der Waals surface area contributed by atoms with Crippen LogP contribution in [-0.4, -0.2) is 23.7 Å². The quantitative estimate of drug-likeness (QED) is 0.160. The molecule has 7 heteroatoms. The minimum atomic E-state index is 0.612. The maximum absolute atomic E-state index is 6.64. The highest BCUT2D eigenvalue weighted by Crippen LogP contribution is 2.46. The average Bonchev–Trinajstić information content (AvgIpc) is 3.36. The summed E-state index contributed by atoms with van der Waals surface area (Å²) in [6.45, 7) is 0. The molecule has 6 aromatic heterocycles. The second-order valence-electron chi connectivity index (χ2n) is 21.7. The van der Waals surface area contributed by atoms with E-state index in [4.69, 9.17) is 14.4 Å². The number of aromatic nitrogens is 5. The zero-order valence-corrected chi connectivity index (χ0v) is 45.3. The second-order valence-corrected chi connectivity index (χ2v) is 22.7. The maximum atomic E-state index is 6.64. The Labute approximate surface area is 479 Å². The molecule has 18 rings (SSSR count).